The molecule has 0 saturated carbocycles. The van der Waals surface area contributed by atoms with E-state index in [0.717, 1.165) is 36.5 Å². The van der Waals surface area contributed by atoms with Gasteiger partial charge in [0.05, 0.1) is 0 Å². The Morgan fingerprint density at radius 1 is 1.41 bits per heavy atom. The molecule has 2 aromatic rings. The van der Waals surface area contributed by atoms with Crippen molar-refractivity contribution in [3.05, 3.63) is 24.2 Å². The average molecular weight is 232 g/mol. The first-order chi connectivity index (χ1) is 8.26. The van der Waals surface area contributed by atoms with Gasteiger partial charge >= 0.3 is 0 Å². The van der Waals surface area contributed by atoms with Crippen LogP contribution in [0.5, 0.6) is 0 Å². The van der Waals surface area contributed by atoms with Crippen molar-refractivity contribution in [2.45, 2.75) is 39.8 Å². The highest BCUT2D eigenvalue weighted by Gasteiger charge is 2.12. The lowest BCUT2D eigenvalue weighted by molar-refractivity contribution is 0.538. The lowest BCUT2D eigenvalue weighted by atomic mass is 10.2. The van der Waals surface area contributed by atoms with E-state index in [1.165, 1.54) is 0 Å². The molecule has 2 heterocycles. The molecule has 92 valence electrons. The zero-order valence-electron chi connectivity index (χ0n) is 10.8. The minimum atomic E-state index is 0.446. The first-order valence-electron chi connectivity index (χ1n) is 6.29. The highest BCUT2D eigenvalue weighted by Crippen LogP contribution is 2.14. The molecule has 0 bridgehead atoms. The van der Waals surface area contributed by atoms with Crippen molar-refractivity contribution in [1.29, 1.82) is 0 Å². The van der Waals surface area contributed by atoms with Crippen LogP contribution in [-0.4, -0.2) is 27.1 Å². The second kappa shape index (κ2) is 5.27. The molecule has 17 heavy (non-hydrogen) atoms. The minimum absolute atomic E-state index is 0.446. The van der Waals surface area contributed by atoms with Gasteiger partial charge in [0.1, 0.15) is 11.3 Å². The van der Waals surface area contributed by atoms with E-state index in [1.807, 2.05) is 18.3 Å². The molecule has 1 unspecified atom stereocenters. The van der Waals surface area contributed by atoms with Gasteiger partial charge in [-0.3, -0.25) is 0 Å². The van der Waals surface area contributed by atoms with E-state index >= 15 is 0 Å². The van der Waals surface area contributed by atoms with Crippen LogP contribution in [0.3, 0.4) is 0 Å². The molecule has 1 N–H and O–H groups in total. The molecule has 0 fully saturated rings. The summed E-state index contributed by atoms with van der Waals surface area (Å²) in [5.74, 6) is 1.12. The van der Waals surface area contributed by atoms with Gasteiger partial charge in [0.15, 0.2) is 5.65 Å². The summed E-state index contributed by atoms with van der Waals surface area (Å²) in [7, 11) is 0. The predicted molar refractivity (Wildman–Crippen MR) is 70.0 cm³/mol. The number of nitrogens with zero attached hydrogens (tertiary/aromatic N) is 3. The van der Waals surface area contributed by atoms with Crippen molar-refractivity contribution in [2.24, 2.45) is 0 Å². The number of rotatable bonds is 5. The highest BCUT2D eigenvalue weighted by molar-refractivity contribution is 5.71. The van der Waals surface area contributed by atoms with Gasteiger partial charge in [-0.15, -0.1) is 0 Å². The first kappa shape index (κ1) is 12.0. The minimum Gasteiger partial charge on any atom is -0.314 e. The molecular formula is C13H20N4. The fourth-order valence-corrected chi connectivity index (χ4v) is 2.19. The predicted octanol–water partition coefficient (Wildman–Crippen LogP) is 1.99. The van der Waals surface area contributed by atoms with Crippen LogP contribution in [0, 0.1) is 0 Å². The van der Waals surface area contributed by atoms with Gasteiger partial charge < -0.3 is 9.88 Å². The molecule has 2 aromatic heterocycles. The van der Waals surface area contributed by atoms with E-state index in [0.29, 0.717) is 6.04 Å². The molecule has 0 aliphatic rings. The smallest absolute Gasteiger partial charge is 0.159 e. The van der Waals surface area contributed by atoms with Crippen molar-refractivity contribution < 1.29 is 0 Å². The molecule has 4 nitrogen and oxygen atoms in total. The number of aromatic nitrogens is 3. The highest BCUT2D eigenvalue weighted by atomic mass is 15.1. The van der Waals surface area contributed by atoms with Gasteiger partial charge in [-0.05, 0) is 32.5 Å². The van der Waals surface area contributed by atoms with E-state index in [9.17, 15) is 0 Å². The van der Waals surface area contributed by atoms with Crippen molar-refractivity contribution >= 4 is 11.2 Å². The Bertz CT molecular complexity index is 489. The third kappa shape index (κ3) is 2.47. The summed E-state index contributed by atoms with van der Waals surface area (Å²) >= 11 is 0. The summed E-state index contributed by atoms with van der Waals surface area (Å²) in [5, 5.41) is 3.42. The lowest BCUT2D eigenvalue weighted by Crippen LogP contribution is -2.28. The summed E-state index contributed by atoms with van der Waals surface area (Å²) < 4.78 is 2.20. The summed E-state index contributed by atoms with van der Waals surface area (Å²) in [6.45, 7) is 8.36. The maximum Gasteiger partial charge on any atom is 0.159 e. The fraction of sp³-hybridized carbons (Fsp3) is 0.538. The Balaban J connectivity index is 2.33. The van der Waals surface area contributed by atoms with Gasteiger partial charge in [-0.1, -0.05) is 6.92 Å². The second-order valence-corrected chi connectivity index (χ2v) is 4.28. The van der Waals surface area contributed by atoms with Crippen molar-refractivity contribution in [2.75, 3.05) is 6.54 Å². The first-order valence-corrected chi connectivity index (χ1v) is 6.29. The summed E-state index contributed by atoms with van der Waals surface area (Å²) in [5.41, 5.74) is 1.99. The molecule has 0 aliphatic carbocycles. The molecule has 2 rings (SSSR count). The van der Waals surface area contributed by atoms with E-state index in [4.69, 9.17) is 0 Å². The summed E-state index contributed by atoms with van der Waals surface area (Å²) in [6, 6.07) is 4.41. The van der Waals surface area contributed by atoms with Crippen molar-refractivity contribution in [3.63, 3.8) is 0 Å². The molecule has 1 atom stereocenters. The van der Waals surface area contributed by atoms with Crippen LogP contribution < -0.4 is 5.32 Å². The van der Waals surface area contributed by atoms with Crippen LogP contribution >= 0.6 is 0 Å². The molecule has 0 spiro atoms. The quantitative estimate of drug-likeness (QED) is 0.857. The Kier molecular flexibility index (Phi) is 3.74. The Morgan fingerprint density at radius 3 is 2.94 bits per heavy atom. The van der Waals surface area contributed by atoms with E-state index in [-0.39, 0.29) is 0 Å². The van der Waals surface area contributed by atoms with E-state index in [1.54, 1.807) is 0 Å². The third-order valence-electron chi connectivity index (χ3n) is 2.94. The van der Waals surface area contributed by atoms with Gasteiger partial charge in [0, 0.05) is 25.2 Å². The Labute approximate surface area is 102 Å². The Hall–Kier alpha value is -1.42. The van der Waals surface area contributed by atoms with Crippen LogP contribution in [0.1, 0.15) is 26.6 Å². The van der Waals surface area contributed by atoms with E-state index in [2.05, 4.69) is 40.6 Å². The van der Waals surface area contributed by atoms with Crippen molar-refractivity contribution in [3.8, 4) is 0 Å². The van der Waals surface area contributed by atoms with Crippen molar-refractivity contribution in [1.82, 2.24) is 19.9 Å². The van der Waals surface area contributed by atoms with Gasteiger partial charge in [-0.2, -0.15) is 0 Å². The largest absolute Gasteiger partial charge is 0.314 e. The number of likely N-dealkylation sites (N-methyl/N-ethyl adjacent to an activating group) is 1. The normalized spacial score (nSPS) is 13.1. The number of hydrogen-bond acceptors (Lipinski definition) is 3. The van der Waals surface area contributed by atoms with Crippen LogP contribution in [0.15, 0.2) is 18.3 Å². The molecule has 0 aromatic carbocycles. The summed E-state index contributed by atoms with van der Waals surface area (Å²) in [4.78, 5) is 9.07. The van der Waals surface area contributed by atoms with Gasteiger partial charge in [0.2, 0.25) is 0 Å². The molecule has 4 heteroatoms. The molecule has 0 radical (unpaired) electrons. The number of hydrogen-bond donors (Lipinski definition) is 1. The zero-order chi connectivity index (χ0) is 12.3. The third-order valence-corrected chi connectivity index (χ3v) is 2.94. The van der Waals surface area contributed by atoms with Gasteiger partial charge in [-0.25, -0.2) is 9.97 Å². The zero-order valence-corrected chi connectivity index (χ0v) is 10.8. The van der Waals surface area contributed by atoms with E-state index < -0.39 is 0 Å². The standard InChI is InChI=1S/C13H20N4/c1-4-14-10(3)9-12-16-11-7-6-8-15-13(11)17(12)5-2/h6-8,10,14H,4-5,9H2,1-3H3. The number of nitrogens with one attached hydrogen (secondary N) is 1. The number of fused-ring (bicyclic) bond motifs is 1. The number of pyridine rings is 1. The molecule has 0 amide bonds. The Morgan fingerprint density at radius 2 is 2.24 bits per heavy atom. The second-order valence-electron chi connectivity index (χ2n) is 4.28. The number of imidazole rings is 1. The topological polar surface area (TPSA) is 42.7 Å². The molecule has 0 aliphatic heterocycles. The maximum atomic E-state index is 4.67. The summed E-state index contributed by atoms with van der Waals surface area (Å²) in [6.07, 6.45) is 2.77. The van der Waals surface area contributed by atoms with Crippen LogP contribution in [0.4, 0.5) is 0 Å². The fourth-order valence-electron chi connectivity index (χ4n) is 2.19. The number of aryl methyl sites for hydroxylation is 1. The molecular weight excluding hydrogens is 212 g/mol. The van der Waals surface area contributed by atoms with Crippen LogP contribution in [0.25, 0.3) is 11.2 Å². The van der Waals surface area contributed by atoms with Crippen LogP contribution in [0.2, 0.25) is 0 Å². The molecule has 0 saturated heterocycles. The lowest BCUT2D eigenvalue weighted by Gasteiger charge is -2.12. The monoisotopic (exact) mass is 232 g/mol. The maximum absolute atomic E-state index is 4.67. The SMILES string of the molecule is CCNC(C)Cc1nc2cccnc2n1CC. The average Bonchev–Trinajstić information content (AvgIpc) is 2.66. The van der Waals surface area contributed by atoms with Crippen LogP contribution in [-0.2, 0) is 13.0 Å². The van der Waals surface area contributed by atoms with Gasteiger partial charge in [0.25, 0.3) is 0 Å².